The van der Waals surface area contributed by atoms with Crippen molar-refractivity contribution in [3.8, 4) is 0 Å². The van der Waals surface area contributed by atoms with Gasteiger partial charge in [-0.15, -0.1) is 0 Å². The topological polar surface area (TPSA) is 84.4 Å². The fraction of sp³-hybridized carbons (Fsp3) is 0.632. The molecule has 1 saturated heterocycles. The van der Waals surface area contributed by atoms with Gasteiger partial charge in [-0.05, 0) is 44.5 Å². The van der Waals surface area contributed by atoms with Gasteiger partial charge in [-0.3, -0.25) is 9.69 Å². The van der Waals surface area contributed by atoms with Gasteiger partial charge in [0, 0.05) is 25.8 Å². The van der Waals surface area contributed by atoms with Crippen LogP contribution in [-0.2, 0) is 17.6 Å². The molecule has 2 aromatic rings. The number of carbonyl (C=O) groups excluding carboxylic acids is 1. The lowest BCUT2D eigenvalue weighted by Gasteiger charge is -2.33. The van der Waals surface area contributed by atoms with Crippen LogP contribution in [0.15, 0.2) is 27.3 Å². The van der Waals surface area contributed by atoms with Gasteiger partial charge in [-0.25, -0.2) is 0 Å². The third-order valence-electron chi connectivity index (χ3n) is 4.82. The summed E-state index contributed by atoms with van der Waals surface area (Å²) in [5, 5.41) is 6.93. The van der Waals surface area contributed by atoms with Crippen molar-refractivity contribution < 1.29 is 13.7 Å². The Labute approximate surface area is 154 Å². The molecule has 1 N–H and O–H groups in total. The third kappa shape index (κ3) is 5.17. The molecular weight excluding hydrogens is 332 g/mol. The van der Waals surface area contributed by atoms with Crippen molar-refractivity contribution in [1.82, 2.24) is 20.4 Å². The van der Waals surface area contributed by atoms with E-state index in [1.807, 2.05) is 19.1 Å². The SMILES string of the molecule is CCc1noc(CCCC(=O)NCC(c2ccco2)N2CCCCC2)n1. The molecule has 1 fully saturated rings. The van der Waals surface area contributed by atoms with Gasteiger partial charge >= 0.3 is 0 Å². The Morgan fingerprint density at radius 2 is 2.19 bits per heavy atom. The van der Waals surface area contributed by atoms with E-state index in [0.29, 0.717) is 37.5 Å². The first-order valence-corrected chi connectivity index (χ1v) is 9.62. The molecule has 7 nitrogen and oxygen atoms in total. The summed E-state index contributed by atoms with van der Waals surface area (Å²) < 4.78 is 10.8. The first kappa shape index (κ1) is 18.6. The van der Waals surface area contributed by atoms with Gasteiger partial charge in [-0.1, -0.05) is 18.5 Å². The van der Waals surface area contributed by atoms with E-state index in [9.17, 15) is 4.79 Å². The van der Waals surface area contributed by atoms with Gasteiger partial charge < -0.3 is 14.3 Å². The van der Waals surface area contributed by atoms with Gasteiger partial charge in [0.25, 0.3) is 0 Å². The maximum absolute atomic E-state index is 12.2. The molecule has 0 saturated carbocycles. The molecule has 142 valence electrons. The van der Waals surface area contributed by atoms with E-state index in [1.54, 1.807) is 6.26 Å². The van der Waals surface area contributed by atoms with Crippen molar-refractivity contribution in [3.05, 3.63) is 35.9 Å². The standard InChI is InChI=1S/C19H28N4O3/c1-2-17-21-19(26-22-17)10-6-9-18(24)20-14-15(16-8-7-13-25-16)23-11-4-3-5-12-23/h7-8,13,15H,2-6,9-12,14H2,1H3,(H,20,24). The number of furan rings is 1. The Hall–Kier alpha value is -2.15. The average molecular weight is 360 g/mol. The van der Waals surface area contributed by atoms with Crippen LogP contribution in [0.5, 0.6) is 0 Å². The van der Waals surface area contributed by atoms with Crippen LogP contribution in [0.25, 0.3) is 0 Å². The number of carbonyl (C=O) groups is 1. The van der Waals surface area contributed by atoms with E-state index in [1.165, 1.54) is 19.3 Å². The Morgan fingerprint density at radius 1 is 1.35 bits per heavy atom. The van der Waals surface area contributed by atoms with Crippen molar-refractivity contribution in [2.45, 2.75) is 57.9 Å². The average Bonchev–Trinajstić information content (AvgIpc) is 3.35. The molecule has 26 heavy (non-hydrogen) atoms. The second-order valence-electron chi connectivity index (χ2n) is 6.74. The number of hydrogen-bond acceptors (Lipinski definition) is 6. The van der Waals surface area contributed by atoms with Crippen molar-refractivity contribution >= 4 is 5.91 Å². The molecule has 3 rings (SSSR count). The molecule has 0 aromatic carbocycles. The number of rotatable bonds is 9. The highest BCUT2D eigenvalue weighted by atomic mass is 16.5. The second-order valence-corrected chi connectivity index (χ2v) is 6.74. The summed E-state index contributed by atoms with van der Waals surface area (Å²) in [4.78, 5) is 18.9. The van der Waals surface area contributed by atoms with Crippen molar-refractivity contribution in [2.24, 2.45) is 0 Å². The molecule has 0 radical (unpaired) electrons. The first-order valence-electron chi connectivity index (χ1n) is 9.62. The number of nitrogens with one attached hydrogen (secondary N) is 1. The summed E-state index contributed by atoms with van der Waals surface area (Å²) in [7, 11) is 0. The third-order valence-corrected chi connectivity index (χ3v) is 4.82. The molecule has 0 bridgehead atoms. The summed E-state index contributed by atoms with van der Waals surface area (Å²) >= 11 is 0. The van der Waals surface area contributed by atoms with E-state index in [2.05, 4.69) is 20.4 Å². The molecule has 1 atom stereocenters. The van der Waals surface area contributed by atoms with Crippen LogP contribution in [0.2, 0.25) is 0 Å². The molecule has 7 heteroatoms. The summed E-state index contributed by atoms with van der Waals surface area (Å²) in [5.41, 5.74) is 0. The predicted octanol–water partition coefficient (Wildman–Crippen LogP) is 2.89. The summed E-state index contributed by atoms with van der Waals surface area (Å²) in [5.74, 6) is 2.29. The lowest BCUT2D eigenvalue weighted by atomic mass is 10.1. The quantitative estimate of drug-likeness (QED) is 0.740. The molecule has 0 aliphatic carbocycles. The number of aromatic nitrogens is 2. The van der Waals surface area contributed by atoms with Crippen LogP contribution in [-0.4, -0.2) is 40.6 Å². The summed E-state index contributed by atoms with van der Waals surface area (Å²) in [6, 6.07) is 4.01. The smallest absolute Gasteiger partial charge is 0.226 e. The highest BCUT2D eigenvalue weighted by molar-refractivity contribution is 5.75. The largest absolute Gasteiger partial charge is 0.468 e. The summed E-state index contributed by atoms with van der Waals surface area (Å²) in [6.07, 6.45) is 7.93. The van der Waals surface area contributed by atoms with E-state index in [-0.39, 0.29) is 11.9 Å². The zero-order valence-electron chi connectivity index (χ0n) is 15.4. The molecule has 1 aliphatic heterocycles. The number of likely N-dealkylation sites (tertiary alicyclic amines) is 1. The van der Waals surface area contributed by atoms with Gasteiger partial charge in [0.05, 0.1) is 12.3 Å². The molecule has 3 heterocycles. The molecule has 1 amide bonds. The van der Waals surface area contributed by atoms with Crippen molar-refractivity contribution in [1.29, 1.82) is 0 Å². The van der Waals surface area contributed by atoms with Gasteiger partial charge in [0.1, 0.15) is 5.76 Å². The van der Waals surface area contributed by atoms with Crippen LogP contribution in [0, 0.1) is 0 Å². The maximum atomic E-state index is 12.2. The molecular formula is C19H28N4O3. The van der Waals surface area contributed by atoms with Gasteiger partial charge in [-0.2, -0.15) is 4.98 Å². The molecule has 0 spiro atoms. The van der Waals surface area contributed by atoms with Gasteiger partial charge in [0.2, 0.25) is 11.8 Å². The van der Waals surface area contributed by atoms with E-state index < -0.39 is 0 Å². The summed E-state index contributed by atoms with van der Waals surface area (Å²) in [6.45, 7) is 4.67. The number of nitrogens with zero attached hydrogens (tertiary/aromatic N) is 3. The molecule has 2 aromatic heterocycles. The minimum Gasteiger partial charge on any atom is -0.468 e. The maximum Gasteiger partial charge on any atom is 0.226 e. The first-order chi connectivity index (χ1) is 12.8. The highest BCUT2D eigenvalue weighted by Gasteiger charge is 2.24. The van der Waals surface area contributed by atoms with E-state index in [0.717, 1.165) is 25.3 Å². The predicted molar refractivity (Wildman–Crippen MR) is 96.5 cm³/mol. The van der Waals surface area contributed by atoms with E-state index in [4.69, 9.17) is 8.94 Å². The van der Waals surface area contributed by atoms with Crippen LogP contribution < -0.4 is 5.32 Å². The van der Waals surface area contributed by atoms with Crippen LogP contribution in [0.3, 0.4) is 0 Å². The zero-order chi connectivity index (χ0) is 18.2. The monoisotopic (exact) mass is 360 g/mol. The Balaban J connectivity index is 1.44. The lowest BCUT2D eigenvalue weighted by molar-refractivity contribution is -0.121. The molecule has 1 unspecified atom stereocenters. The minimum atomic E-state index is 0.0498. The van der Waals surface area contributed by atoms with Crippen molar-refractivity contribution in [2.75, 3.05) is 19.6 Å². The highest BCUT2D eigenvalue weighted by Crippen LogP contribution is 2.24. The van der Waals surface area contributed by atoms with Crippen LogP contribution in [0.1, 0.15) is 62.5 Å². The molecule has 1 aliphatic rings. The Kier molecular flexibility index (Phi) is 6.82. The lowest BCUT2D eigenvalue weighted by Crippen LogP contribution is -2.40. The van der Waals surface area contributed by atoms with Crippen molar-refractivity contribution in [3.63, 3.8) is 0 Å². The number of amides is 1. The van der Waals surface area contributed by atoms with Crippen LogP contribution in [0.4, 0.5) is 0 Å². The zero-order valence-corrected chi connectivity index (χ0v) is 15.4. The Morgan fingerprint density at radius 3 is 2.88 bits per heavy atom. The second kappa shape index (κ2) is 9.52. The number of piperidine rings is 1. The fourth-order valence-corrected chi connectivity index (χ4v) is 3.35. The van der Waals surface area contributed by atoms with E-state index >= 15 is 0 Å². The van der Waals surface area contributed by atoms with Gasteiger partial charge in [0.15, 0.2) is 5.82 Å². The normalized spacial score (nSPS) is 16.5. The van der Waals surface area contributed by atoms with Crippen LogP contribution >= 0.6 is 0 Å². The fourth-order valence-electron chi connectivity index (χ4n) is 3.35. The minimum absolute atomic E-state index is 0.0498. The Bertz CT molecular complexity index is 662. The number of hydrogen-bond donors (Lipinski definition) is 1. The number of aryl methyl sites for hydroxylation is 2.